The SMILES string of the molecule is CCSc1ccccc1NC(=O)c1ccccc1NC. The summed E-state index contributed by atoms with van der Waals surface area (Å²) >= 11 is 1.72. The second-order valence-electron chi connectivity index (χ2n) is 4.18. The van der Waals surface area contributed by atoms with Gasteiger partial charge in [-0.3, -0.25) is 4.79 Å². The fourth-order valence-corrected chi connectivity index (χ4v) is 2.70. The quantitative estimate of drug-likeness (QED) is 0.813. The summed E-state index contributed by atoms with van der Waals surface area (Å²) in [5.41, 5.74) is 2.33. The molecule has 3 nitrogen and oxygen atoms in total. The molecule has 104 valence electrons. The monoisotopic (exact) mass is 286 g/mol. The highest BCUT2D eigenvalue weighted by atomic mass is 32.2. The lowest BCUT2D eigenvalue weighted by Gasteiger charge is -2.12. The Kier molecular flexibility index (Phi) is 5.07. The molecule has 2 N–H and O–H groups in total. The summed E-state index contributed by atoms with van der Waals surface area (Å²) in [5, 5.41) is 6.02. The number of amides is 1. The topological polar surface area (TPSA) is 41.1 Å². The summed E-state index contributed by atoms with van der Waals surface area (Å²) < 4.78 is 0. The first-order valence-corrected chi connectivity index (χ1v) is 7.54. The van der Waals surface area contributed by atoms with Gasteiger partial charge in [0.1, 0.15) is 0 Å². The molecule has 0 fully saturated rings. The molecule has 0 aliphatic rings. The zero-order valence-corrected chi connectivity index (χ0v) is 12.5. The van der Waals surface area contributed by atoms with E-state index in [-0.39, 0.29) is 5.91 Å². The van der Waals surface area contributed by atoms with Crippen molar-refractivity contribution in [3.05, 3.63) is 54.1 Å². The first-order chi connectivity index (χ1) is 9.76. The van der Waals surface area contributed by atoms with Crippen LogP contribution in [0.2, 0.25) is 0 Å². The second kappa shape index (κ2) is 7.01. The lowest BCUT2D eigenvalue weighted by Crippen LogP contribution is -2.14. The van der Waals surface area contributed by atoms with Crippen LogP contribution >= 0.6 is 11.8 Å². The molecular weight excluding hydrogens is 268 g/mol. The molecule has 4 heteroatoms. The van der Waals surface area contributed by atoms with Gasteiger partial charge in [-0.1, -0.05) is 31.2 Å². The third-order valence-corrected chi connectivity index (χ3v) is 3.83. The lowest BCUT2D eigenvalue weighted by atomic mass is 10.1. The fraction of sp³-hybridized carbons (Fsp3) is 0.188. The van der Waals surface area contributed by atoms with Crippen LogP contribution in [-0.2, 0) is 0 Å². The average molecular weight is 286 g/mol. The van der Waals surface area contributed by atoms with E-state index >= 15 is 0 Å². The van der Waals surface area contributed by atoms with E-state index in [0.717, 1.165) is 22.0 Å². The van der Waals surface area contributed by atoms with E-state index in [4.69, 9.17) is 0 Å². The van der Waals surface area contributed by atoms with Crippen LogP contribution in [0, 0.1) is 0 Å². The summed E-state index contributed by atoms with van der Waals surface area (Å²) in [6.07, 6.45) is 0. The Labute approximate surface area is 123 Å². The van der Waals surface area contributed by atoms with Gasteiger partial charge < -0.3 is 10.6 Å². The molecule has 2 rings (SSSR count). The molecule has 0 spiro atoms. The van der Waals surface area contributed by atoms with Crippen molar-refractivity contribution in [2.24, 2.45) is 0 Å². The maximum absolute atomic E-state index is 12.4. The van der Waals surface area contributed by atoms with Gasteiger partial charge in [-0.05, 0) is 30.0 Å². The molecule has 0 saturated carbocycles. The zero-order valence-electron chi connectivity index (χ0n) is 11.6. The average Bonchev–Trinajstić information content (AvgIpc) is 2.49. The normalized spacial score (nSPS) is 10.1. The van der Waals surface area contributed by atoms with Crippen LogP contribution in [0.4, 0.5) is 11.4 Å². The predicted molar refractivity (Wildman–Crippen MR) is 86.8 cm³/mol. The van der Waals surface area contributed by atoms with Crippen molar-refractivity contribution in [2.75, 3.05) is 23.4 Å². The fourth-order valence-electron chi connectivity index (χ4n) is 1.94. The number of benzene rings is 2. The van der Waals surface area contributed by atoms with E-state index in [1.165, 1.54) is 0 Å². The van der Waals surface area contributed by atoms with Crippen molar-refractivity contribution in [2.45, 2.75) is 11.8 Å². The van der Waals surface area contributed by atoms with Crippen molar-refractivity contribution < 1.29 is 4.79 Å². The molecule has 0 aliphatic carbocycles. The Morgan fingerprint density at radius 1 is 1.05 bits per heavy atom. The summed E-state index contributed by atoms with van der Waals surface area (Å²) in [7, 11) is 1.81. The van der Waals surface area contributed by atoms with Gasteiger partial charge in [0.25, 0.3) is 5.91 Å². The van der Waals surface area contributed by atoms with Gasteiger partial charge in [0.05, 0.1) is 11.3 Å². The van der Waals surface area contributed by atoms with E-state index in [2.05, 4.69) is 17.6 Å². The van der Waals surface area contributed by atoms with E-state index < -0.39 is 0 Å². The smallest absolute Gasteiger partial charge is 0.257 e. The Bertz CT molecular complexity index is 599. The van der Waals surface area contributed by atoms with Gasteiger partial charge in [0, 0.05) is 17.6 Å². The van der Waals surface area contributed by atoms with E-state index in [1.54, 1.807) is 11.8 Å². The van der Waals surface area contributed by atoms with Gasteiger partial charge in [-0.2, -0.15) is 0 Å². The van der Waals surface area contributed by atoms with Gasteiger partial charge in [0.15, 0.2) is 0 Å². The summed E-state index contributed by atoms with van der Waals surface area (Å²) in [5.74, 6) is 0.874. The zero-order chi connectivity index (χ0) is 14.4. The van der Waals surface area contributed by atoms with Crippen LogP contribution in [0.5, 0.6) is 0 Å². The standard InChI is InChI=1S/C16H18N2OS/c1-3-20-15-11-7-6-10-14(15)18-16(19)12-8-4-5-9-13(12)17-2/h4-11,17H,3H2,1-2H3,(H,18,19). The van der Waals surface area contributed by atoms with Gasteiger partial charge in [-0.25, -0.2) is 0 Å². The number of thioether (sulfide) groups is 1. The van der Waals surface area contributed by atoms with Crippen LogP contribution in [0.25, 0.3) is 0 Å². The molecule has 0 aliphatic heterocycles. The molecule has 1 amide bonds. The number of rotatable bonds is 5. The van der Waals surface area contributed by atoms with Crippen LogP contribution in [0.15, 0.2) is 53.4 Å². The molecule has 0 unspecified atom stereocenters. The number of nitrogens with one attached hydrogen (secondary N) is 2. The molecule has 0 aromatic heterocycles. The minimum atomic E-state index is -0.0981. The third-order valence-electron chi connectivity index (χ3n) is 2.88. The van der Waals surface area contributed by atoms with Crippen LogP contribution in [0.3, 0.4) is 0 Å². The van der Waals surface area contributed by atoms with Crippen LogP contribution in [-0.4, -0.2) is 18.7 Å². The maximum atomic E-state index is 12.4. The van der Waals surface area contributed by atoms with Crippen LogP contribution < -0.4 is 10.6 Å². The first-order valence-electron chi connectivity index (χ1n) is 6.56. The second-order valence-corrected chi connectivity index (χ2v) is 5.48. The summed E-state index contributed by atoms with van der Waals surface area (Å²) in [4.78, 5) is 13.5. The number of hydrogen-bond acceptors (Lipinski definition) is 3. The summed E-state index contributed by atoms with van der Waals surface area (Å²) in [6, 6.07) is 15.3. The highest BCUT2D eigenvalue weighted by molar-refractivity contribution is 7.99. The van der Waals surface area contributed by atoms with E-state index in [9.17, 15) is 4.79 Å². The third kappa shape index (κ3) is 3.33. The number of carbonyl (C=O) groups is 1. The maximum Gasteiger partial charge on any atom is 0.257 e. The van der Waals surface area contributed by atoms with Gasteiger partial charge in [-0.15, -0.1) is 11.8 Å². The minimum Gasteiger partial charge on any atom is -0.387 e. The van der Waals surface area contributed by atoms with Crippen molar-refractivity contribution in [1.29, 1.82) is 0 Å². The molecule has 0 bridgehead atoms. The van der Waals surface area contributed by atoms with E-state index in [0.29, 0.717) is 5.56 Å². The van der Waals surface area contributed by atoms with E-state index in [1.807, 2.05) is 55.6 Å². The highest BCUT2D eigenvalue weighted by Crippen LogP contribution is 2.27. The summed E-state index contributed by atoms with van der Waals surface area (Å²) in [6.45, 7) is 2.10. The number of hydrogen-bond donors (Lipinski definition) is 2. The molecule has 2 aromatic rings. The Morgan fingerprint density at radius 2 is 1.70 bits per heavy atom. The molecule has 0 radical (unpaired) electrons. The first kappa shape index (κ1) is 14.5. The molecule has 2 aromatic carbocycles. The van der Waals surface area contributed by atoms with Gasteiger partial charge in [0.2, 0.25) is 0 Å². The molecular formula is C16H18N2OS. The van der Waals surface area contributed by atoms with Crippen LogP contribution in [0.1, 0.15) is 17.3 Å². The molecule has 20 heavy (non-hydrogen) atoms. The Morgan fingerprint density at radius 3 is 2.40 bits per heavy atom. The number of anilines is 2. The number of para-hydroxylation sites is 2. The number of carbonyl (C=O) groups excluding carboxylic acids is 1. The van der Waals surface area contributed by atoms with Crippen molar-refractivity contribution in [1.82, 2.24) is 0 Å². The largest absolute Gasteiger partial charge is 0.387 e. The van der Waals surface area contributed by atoms with Crippen molar-refractivity contribution >= 4 is 29.0 Å². The highest BCUT2D eigenvalue weighted by Gasteiger charge is 2.11. The Balaban J connectivity index is 2.24. The lowest BCUT2D eigenvalue weighted by molar-refractivity contribution is 0.102. The molecule has 0 heterocycles. The minimum absolute atomic E-state index is 0.0981. The molecule has 0 saturated heterocycles. The Hall–Kier alpha value is -1.94. The van der Waals surface area contributed by atoms with Crippen molar-refractivity contribution in [3.8, 4) is 0 Å². The van der Waals surface area contributed by atoms with Crippen molar-refractivity contribution in [3.63, 3.8) is 0 Å². The predicted octanol–water partition coefficient (Wildman–Crippen LogP) is 4.09. The van der Waals surface area contributed by atoms with Gasteiger partial charge >= 0.3 is 0 Å². The molecule has 0 atom stereocenters.